The lowest BCUT2D eigenvalue weighted by atomic mass is 9.82. The molecule has 23 heavy (non-hydrogen) atoms. The first-order chi connectivity index (χ1) is 10.7. The molecule has 1 atom stereocenters. The Hall–Kier alpha value is -0.620. The summed E-state index contributed by atoms with van der Waals surface area (Å²) in [6, 6.07) is 8.30. The Morgan fingerprint density at radius 1 is 1.26 bits per heavy atom. The van der Waals surface area contributed by atoms with E-state index in [0.717, 1.165) is 43.2 Å². The van der Waals surface area contributed by atoms with Gasteiger partial charge in [-0.05, 0) is 49.9 Å². The largest absolute Gasteiger partial charge is 0.381 e. The molecular formula is C17H24BrClN2O2. The molecule has 4 nitrogen and oxygen atoms in total. The molecule has 2 N–H and O–H groups in total. The number of halogens is 2. The van der Waals surface area contributed by atoms with Gasteiger partial charge in [-0.1, -0.05) is 28.1 Å². The van der Waals surface area contributed by atoms with Gasteiger partial charge in [-0.2, -0.15) is 0 Å². The summed E-state index contributed by atoms with van der Waals surface area (Å²) >= 11 is 3.48. The van der Waals surface area contributed by atoms with Crippen molar-refractivity contribution in [1.29, 1.82) is 0 Å². The van der Waals surface area contributed by atoms with Crippen LogP contribution in [0.4, 0.5) is 0 Å². The number of carbonyl (C=O) groups is 1. The van der Waals surface area contributed by atoms with Crippen LogP contribution in [0.1, 0.15) is 31.2 Å². The lowest BCUT2D eigenvalue weighted by Gasteiger charge is -2.40. The minimum absolute atomic E-state index is 0. The van der Waals surface area contributed by atoms with Gasteiger partial charge >= 0.3 is 0 Å². The molecule has 0 aliphatic carbocycles. The summed E-state index contributed by atoms with van der Waals surface area (Å²) in [6.45, 7) is 3.20. The minimum atomic E-state index is -0.284. The summed E-state index contributed by atoms with van der Waals surface area (Å²) in [5.74, 6) is 0.265. The molecule has 0 radical (unpaired) electrons. The van der Waals surface area contributed by atoms with Crippen molar-refractivity contribution in [2.24, 2.45) is 5.92 Å². The number of hydrogen-bond donors (Lipinski definition) is 2. The molecule has 6 heteroatoms. The molecule has 128 valence electrons. The van der Waals surface area contributed by atoms with Crippen molar-refractivity contribution in [1.82, 2.24) is 10.6 Å². The maximum Gasteiger partial charge on any atom is 0.225 e. The monoisotopic (exact) mass is 402 g/mol. The molecule has 2 heterocycles. The number of rotatable bonds is 3. The summed E-state index contributed by atoms with van der Waals surface area (Å²) in [6.07, 6.45) is 3.72. The quantitative estimate of drug-likeness (QED) is 0.816. The Balaban J connectivity index is 0.00000192. The maximum atomic E-state index is 12.7. The number of nitrogens with one attached hydrogen (secondary N) is 2. The summed E-state index contributed by atoms with van der Waals surface area (Å²) in [4.78, 5) is 12.7. The molecule has 0 saturated carbocycles. The van der Waals surface area contributed by atoms with Crippen LogP contribution >= 0.6 is 28.3 Å². The van der Waals surface area contributed by atoms with Crippen LogP contribution < -0.4 is 10.6 Å². The highest BCUT2D eigenvalue weighted by Gasteiger charge is 2.37. The molecule has 1 amide bonds. The molecule has 1 unspecified atom stereocenters. The molecule has 0 aromatic heterocycles. The smallest absolute Gasteiger partial charge is 0.225 e. The fourth-order valence-electron chi connectivity index (χ4n) is 3.39. The average molecular weight is 404 g/mol. The van der Waals surface area contributed by atoms with Crippen LogP contribution in [0.3, 0.4) is 0 Å². The van der Waals surface area contributed by atoms with Crippen molar-refractivity contribution >= 4 is 34.2 Å². The number of carbonyl (C=O) groups excluding carboxylic acids is 1. The SMILES string of the molecule is Cl.O=C(NC1(c2ccc(Br)cc2)CCOCC1)C1CCCNC1. The Morgan fingerprint density at radius 3 is 2.57 bits per heavy atom. The fourth-order valence-corrected chi connectivity index (χ4v) is 3.65. The predicted molar refractivity (Wildman–Crippen MR) is 96.9 cm³/mol. The number of benzene rings is 1. The molecule has 2 fully saturated rings. The van der Waals surface area contributed by atoms with Gasteiger partial charge in [-0.3, -0.25) is 4.79 Å². The van der Waals surface area contributed by atoms with Gasteiger partial charge in [0.15, 0.2) is 0 Å². The third-order valence-corrected chi connectivity index (χ3v) is 5.30. The van der Waals surface area contributed by atoms with Gasteiger partial charge in [-0.25, -0.2) is 0 Å². The van der Waals surface area contributed by atoms with Crippen molar-refractivity contribution in [3.8, 4) is 0 Å². The van der Waals surface area contributed by atoms with Gasteiger partial charge in [0, 0.05) is 24.2 Å². The summed E-state index contributed by atoms with van der Waals surface area (Å²) in [5.41, 5.74) is 0.893. The van der Waals surface area contributed by atoms with Gasteiger partial charge in [0.2, 0.25) is 5.91 Å². The fraction of sp³-hybridized carbons (Fsp3) is 0.588. The first-order valence-electron chi connectivity index (χ1n) is 8.06. The third-order valence-electron chi connectivity index (χ3n) is 4.77. The number of hydrogen-bond acceptors (Lipinski definition) is 3. The van der Waals surface area contributed by atoms with Crippen molar-refractivity contribution in [2.45, 2.75) is 31.2 Å². The van der Waals surface area contributed by atoms with E-state index in [-0.39, 0.29) is 29.8 Å². The van der Waals surface area contributed by atoms with Crippen molar-refractivity contribution in [2.75, 3.05) is 26.3 Å². The zero-order valence-corrected chi connectivity index (χ0v) is 15.5. The molecule has 3 rings (SSSR count). The second-order valence-corrected chi connectivity index (χ2v) is 7.15. The number of piperidine rings is 1. The molecule has 2 aliphatic heterocycles. The molecule has 1 aromatic carbocycles. The van der Waals surface area contributed by atoms with Gasteiger partial charge in [0.1, 0.15) is 0 Å². The average Bonchev–Trinajstić information content (AvgIpc) is 2.57. The van der Waals surface area contributed by atoms with E-state index in [1.807, 2.05) is 12.1 Å². The Bertz CT molecular complexity index is 512. The van der Waals surface area contributed by atoms with Gasteiger partial charge in [-0.15, -0.1) is 12.4 Å². The minimum Gasteiger partial charge on any atom is -0.381 e. The van der Waals surface area contributed by atoms with E-state index in [0.29, 0.717) is 13.2 Å². The van der Waals surface area contributed by atoms with E-state index < -0.39 is 0 Å². The molecule has 0 bridgehead atoms. The Morgan fingerprint density at radius 2 is 1.96 bits per heavy atom. The van der Waals surface area contributed by atoms with E-state index >= 15 is 0 Å². The van der Waals surface area contributed by atoms with Crippen LogP contribution in [0.2, 0.25) is 0 Å². The topological polar surface area (TPSA) is 50.4 Å². The zero-order chi connectivity index (χ0) is 15.4. The Kier molecular flexibility index (Phi) is 6.89. The van der Waals surface area contributed by atoms with E-state index in [1.54, 1.807) is 0 Å². The maximum absolute atomic E-state index is 12.7. The third kappa shape index (κ3) is 4.47. The number of amides is 1. The van der Waals surface area contributed by atoms with Crippen LogP contribution in [0.15, 0.2) is 28.7 Å². The van der Waals surface area contributed by atoms with Crippen molar-refractivity contribution < 1.29 is 9.53 Å². The Labute approximate surface area is 152 Å². The summed E-state index contributed by atoms with van der Waals surface area (Å²) in [5, 5.41) is 6.68. The van der Waals surface area contributed by atoms with Gasteiger partial charge in [0.05, 0.1) is 11.5 Å². The van der Waals surface area contributed by atoms with Crippen LogP contribution in [0.5, 0.6) is 0 Å². The highest BCUT2D eigenvalue weighted by molar-refractivity contribution is 9.10. The van der Waals surface area contributed by atoms with Crippen LogP contribution in [-0.2, 0) is 15.1 Å². The van der Waals surface area contributed by atoms with Gasteiger partial charge < -0.3 is 15.4 Å². The molecule has 2 saturated heterocycles. The highest BCUT2D eigenvalue weighted by atomic mass is 79.9. The van der Waals surface area contributed by atoms with Gasteiger partial charge in [0.25, 0.3) is 0 Å². The normalized spacial score (nSPS) is 23.6. The second-order valence-electron chi connectivity index (χ2n) is 6.23. The lowest BCUT2D eigenvalue weighted by Crippen LogP contribution is -2.53. The van der Waals surface area contributed by atoms with Crippen LogP contribution in [0.25, 0.3) is 0 Å². The van der Waals surface area contributed by atoms with Crippen LogP contribution in [-0.4, -0.2) is 32.2 Å². The lowest BCUT2D eigenvalue weighted by molar-refractivity contribution is -0.129. The standard InChI is InChI=1S/C17H23BrN2O2.ClH/c18-15-5-3-14(4-6-15)17(7-10-22-11-8-17)20-16(21)13-2-1-9-19-12-13;/h3-6,13,19H,1-2,7-12H2,(H,20,21);1H. The zero-order valence-electron chi connectivity index (χ0n) is 13.1. The van der Waals surface area contributed by atoms with Crippen molar-refractivity contribution in [3.05, 3.63) is 34.3 Å². The molecular weight excluding hydrogens is 380 g/mol. The van der Waals surface area contributed by atoms with Crippen LogP contribution in [0, 0.1) is 5.92 Å². The molecule has 1 aromatic rings. The molecule has 2 aliphatic rings. The molecule has 0 spiro atoms. The predicted octanol–water partition coefficient (Wildman–Crippen LogP) is 2.99. The first-order valence-corrected chi connectivity index (χ1v) is 8.85. The van der Waals surface area contributed by atoms with E-state index in [4.69, 9.17) is 4.74 Å². The summed E-state index contributed by atoms with van der Waals surface area (Å²) in [7, 11) is 0. The second kappa shape index (κ2) is 8.47. The first kappa shape index (κ1) is 18.7. The number of ether oxygens (including phenoxy) is 1. The highest BCUT2D eigenvalue weighted by Crippen LogP contribution is 2.33. The van der Waals surface area contributed by atoms with E-state index in [2.05, 4.69) is 38.7 Å². The summed E-state index contributed by atoms with van der Waals surface area (Å²) < 4.78 is 6.58. The van der Waals surface area contributed by atoms with E-state index in [1.165, 1.54) is 5.56 Å². The van der Waals surface area contributed by atoms with E-state index in [9.17, 15) is 4.79 Å². The van der Waals surface area contributed by atoms with Crippen molar-refractivity contribution in [3.63, 3.8) is 0 Å².